The van der Waals surface area contributed by atoms with E-state index >= 15 is 0 Å². The zero-order chi connectivity index (χ0) is 17.7. The number of hydrogen-bond acceptors (Lipinski definition) is 5. The van der Waals surface area contributed by atoms with Gasteiger partial charge in [0.2, 0.25) is 0 Å². The summed E-state index contributed by atoms with van der Waals surface area (Å²) < 4.78 is 18.4. The Labute approximate surface area is 157 Å². The first-order valence-corrected chi connectivity index (χ1v) is 11.8. The number of thiocarbonyl (C=S) groups is 1. The molecular formula is C17H29NO3S2Si. The lowest BCUT2D eigenvalue weighted by Gasteiger charge is -2.28. The van der Waals surface area contributed by atoms with Crippen LogP contribution in [-0.2, 0) is 19.0 Å². The van der Waals surface area contributed by atoms with Gasteiger partial charge in [0, 0.05) is 38.2 Å². The summed E-state index contributed by atoms with van der Waals surface area (Å²) >= 11 is 7.04. The summed E-state index contributed by atoms with van der Waals surface area (Å²) in [5.41, 5.74) is 1.28. The quantitative estimate of drug-likeness (QED) is 0.329. The molecule has 1 rings (SSSR count). The number of benzene rings is 1. The molecule has 0 saturated carbocycles. The van der Waals surface area contributed by atoms with E-state index in [0.717, 1.165) is 29.1 Å². The van der Waals surface area contributed by atoms with Crippen LogP contribution >= 0.6 is 24.0 Å². The van der Waals surface area contributed by atoms with Gasteiger partial charge in [0.1, 0.15) is 4.32 Å². The highest BCUT2D eigenvalue weighted by molar-refractivity contribution is 8.22. The Hall–Kier alpha value is -0.443. The van der Waals surface area contributed by atoms with E-state index in [1.807, 2.05) is 39.0 Å². The number of hydrogen-bond donors (Lipinski definition) is 1. The fourth-order valence-electron chi connectivity index (χ4n) is 2.27. The molecule has 4 nitrogen and oxygen atoms in total. The van der Waals surface area contributed by atoms with Gasteiger partial charge in [-0.25, -0.2) is 0 Å². The third kappa shape index (κ3) is 8.59. The summed E-state index contributed by atoms with van der Waals surface area (Å²) in [6.07, 6.45) is 0.915. The second kappa shape index (κ2) is 12.9. The largest absolute Gasteiger partial charge is 0.500 e. The maximum Gasteiger partial charge on any atom is 0.500 e. The summed E-state index contributed by atoms with van der Waals surface area (Å²) in [4.78, 5) is 0. The van der Waals surface area contributed by atoms with Crippen LogP contribution in [-0.4, -0.2) is 39.5 Å². The molecule has 0 aliphatic carbocycles. The SMILES string of the molecule is CCO[Si](CCCNC(=S)SCc1ccccc1)(OCC)OCC. The Kier molecular flexibility index (Phi) is 11.6. The van der Waals surface area contributed by atoms with Crippen LogP contribution < -0.4 is 5.32 Å². The van der Waals surface area contributed by atoms with Gasteiger partial charge in [0.15, 0.2) is 0 Å². The molecule has 0 amide bonds. The van der Waals surface area contributed by atoms with Crippen molar-refractivity contribution in [2.75, 3.05) is 26.4 Å². The van der Waals surface area contributed by atoms with Gasteiger partial charge in [-0.1, -0.05) is 54.3 Å². The van der Waals surface area contributed by atoms with Crippen LogP contribution in [0.2, 0.25) is 6.04 Å². The van der Waals surface area contributed by atoms with Gasteiger partial charge in [0.25, 0.3) is 0 Å². The summed E-state index contributed by atoms with van der Waals surface area (Å²) in [7, 11) is -2.53. The van der Waals surface area contributed by atoms with Crippen LogP contribution in [0.5, 0.6) is 0 Å². The van der Waals surface area contributed by atoms with Gasteiger partial charge >= 0.3 is 8.80 Å². The molecule has 0 fully saturated rings. The Bertz CT molecular complexity index is 445. The first kappa shape index (κ1) is 21.6. The highest BCUT2D eigenvalue weighted by atomic mass is 32.2. The second-order valence-electron chi connectivity index (χ2n) is 5.07. The van der Waals surface area contributed by atoms with E-state index < -0.39 is 8.80 Å². The van der Waals surface area contributed by atoms with Crippen LogP contribution in [0.3, 0.4) is 0 Å². The molecule has 0 unspecified atom stereocenters. The van der Waals surface area contributed by atoms with E-state index in [0.29, 0.717) is 19.8 Å². The first-order chi connectivity index (χ1) is 11.7. The molecule has 0 aromatic heterocycles. The molecule has 24 heavy (non-hydrogen) atoms. The third-order valence-corrected chi connectivity index (χ3v) is 7.77. The monoisotopic (exact) mass is 387 g/mol. The predicted molar refractivity (Wildman–Crippen MR) is 108 cm³/mol. The van der Waals surface area contributed by atoms with Crippen LogP contribution in [0.1, 0.15) is 32.8 Å². The molecule has 0 aliphatic rings. The van der Waals surface area contributed by atoms with Gasteiger partial charge in [-0.3, -0.25) is 0 Å². The molecule has 1 N–H and O–H groups in total. The van der Waals surface area contributed by atoms with Gasteiger partial charge in [-0.05, 0) is 32.8 Å². The number of rotatable bonds is 12. The molecule has 0 radical (unpaired) electrons. The minimum absolute atomic E-state index is 0.616. The summed E-state index contributed by atoms with van der Waals surface area (Å²) in [6, 6.07) is 11.2. The van der Waals surface area contributed by atoms with Crippen molar-refractivity contribution in [3.05, 3.63) is 35.9 Å². The van der Waals surface area contributed by atoms with Crippen LogP contribution in [0.15, 0.2) is 30.3 Å². The fraction of sp³-hybridized carbons (Fsp3) is 0.588. The zero-order valence-electron chi connectivity index (χ0n) is 14.9. The van der Waals surface area contributed by atoms with Crippen LogP contribution in [0, 0.1) is 0 Å². The topological polar surface area (TPSA) is 39.7 Å². The average Bonchev–Trinajstić information content (AvgIpc) is 2.59. The summed E-state index contributed by atoms with van der Waals surface area (Å²) in [5, 5.41) is 3.30. The van der Waals surface area contributed by atoms with Gasteiger partial charge < -0.3 is 18.6 Å². The Morgan fingerprint density at radius 3 is 2.17 bits per heavy atom. The number of nitrogens with one attached hydrogen (secondary N) is 1. The number of thioether (sulfide) groups is 1. The van der Waals surface area contributed by atoms with E-state index in [2.05, 4.69) is 17.4 Å². The maximum atomic E-state index is 5.85. The van der Waals surface area contributed by atoms with Crippen molar-refractivity contribution >= 4 is 37.1 Å². The van der Waals surface area contributed by atoms with Crippen molar-refractivity contribution in [3.8, 4) is 0 Å². The van der Waals surface area contributed by atoms with Crippen molar-refractivity contribution in [3.63, 3.8) is 0 Å². The third-order valence-electron chi connectivity index (χ3n) is 3.23. The standard InChI is InChI=1S/C17H29NO3S2Si/c1-4-19-24(20-5-2,21-6-3)14-10-13-18-17(22)23-15-16-11-8-7-9-12-16/h7-9,11-12H,4-6,10,13-15H2,1-3H3,(H,18,22). The molecule has 0 spiro atoms. The molecule has 0 bridgehead atoms. The molecule has 1 aromatic rings. The van der Waals surface area contributed by atoms with Gasteiger partial charge in [-0.2, -0.15) is 0 Å². The lowest BCUT2D eigenvalue weighted by molar-refractivity contribution is 0.0709. The van der Waals surface area contributed by atoms with E-state index in [9.17, 15) is 0 Å². The van der Waals surface area contributed by atoms with E-state index in [-0.39, 0.29) is 0 Å². The van der Waals surface area contributed by atoms with E-state index in [4.69, 9.17) is 25.5 Å². The minimum atomic E-state index is -2.53. The molecule has 0 heterocycles. The molecule has 7 heteroatoms. The van der Waals surface area contributed by atoms with Crippen molar-refractivity contribution in [2.24, 2.45) is 0 Å². The summed E-state index contributed by atoms with van der Waals surface area (Å²) in [5.74, 6) is 0.891. The molecule has 0 atom stereocenters. The van der Waals surface area contributed by atoms with Crippen molar-refractivity contribution in [1.29, 1.82) is 0 Å². The molecule has 0 aliphatic heterocycles. The Balaban J connectivity index is 2.29. The molecule has 0 saturated heterocycles. The molecular weight excluding hydrogens is 358 g/mol. The van der Waals surface area contributed by atoms with Crippen LogP contribution in [0.4, 0.5) is 0 Å². The first-order valence-electron chi connectivity index (χ1n) is 8.52. The van der Waals surface area contributed by atoms with Crippen molar-refractivity contribution in [1.82, 2.24) is 5.32 Å². The highest BCUT2D eigenvalue weighted by Gasteiger charge is 2.39. The predicted octanol–water partition coefficient (Wildman–Crippen LogP) is 4.23. The minimum Gasteiger partial charge on any atom is -0.374 e. The normalized spacial score (nSPS) is 11.5. The van der Waals surface area contributed by atoms with Gasteiger partial charge in [-0.15, -0.1) is 0 Å². The van der Waals surface area contributed by atoms with Crippen molar-refractivity contribution in [2.45, 2.75) is 39.0 Å². The van der Waals surface area contributed by atoms with Crippen LogP contribution in [0.25, 0.3) is 0 Å². The molecule has 136 valence electrons. The zero-order valence-corrected chi connectivity index (χ0v) is 17.5. The smallest absolute Gasteiger partial charge is 0.374 e. The molecule has 1 aromatic carbocycles. The average molecular weight is 388 g/mol. The highest BCUT2D eigenvalue weighted by Crippen LogP contribution is 2.18. The Morgan fingerprint density at radius 1 is 1.04 bits per heavy atom. The van der Waals surface area contributed by atoms with Crippen molar-refractivity contribution < 1.29 is 13.3 Å². The lowest BCUT2D eigenvalue weighted by atomic mass is 10.2. The van der Waals surface area contributed by atoms with E-state index in [1.54, 1.807) is 11.8 Å². The van der Waals surface area contributed by atoms with E-state index in [1.165, 1.54) is 5.56 Å². The second-order valence-corrected chi connectivity index (χ2v) is 9.46. The maximum absolute atomic E-state index is 5.85. The van der Waals surface area contributed by atoms with Gasteiger partial charge in [0.05, 0.1) is 0 Å². The lowest BCUT2D eigenvalue weighted by Crippen LogP contribution is -2.46. The fourth-order valence-corrected chi connectivity index (χ4v) is 5.86. The summed E-state index contributed by atoms with van der Waals surface area (Å²) in [6.45, 7) is 8.59. The Morgan fingerprint density at radius 2 is 1.62 bits per heavy atom.